The standard InChI is InChI=1S/C14H20N2O4/c17-13(18)5-3-1-2-4-8-15-14(19)12-9-11(16-20-12)10-6-7-10/h9-10H,1-8H2,(H,15,19)(H,17,18). The van der Waals surface area contributed by atoms with Crippen LogP contribution in [0.3, 0.4) is 0 Å². The normalized spacial score (nSPS) is 14.2. The Kier molecular flexibility index (Phi) is 5.15. The lowest BCUT2D eigenvalue weighted by atomic mass is 10.1. The number of amides is 1. The molecular weight excluding hydrogens is 260 g/mol. The van der Waals surface area contributed by atoms with E-state index in [-0.39, 0.29) is 18.1 Å². The molecule has 6 heteroatoms. The van der Waals surface area contributed by atoms with Crippen LogP contribution in [0.1, 0.15) is 67.1 Å². The summed E-state index contributed by atoms with van der Waals surface area (Å²) in [5.74, 6) is -0.225. The second-order valence-corrected chi connectivity index (χ2v) is 5.20. The molecule has 0 spiro atoms. The van der Waals surface area contributed by atoms with E-state index in [1.54, 1.807) is 6.07 Å². The van der Waals surface area contributed by atoms with Gasteiger partial charge in [0.2, 0.25) is 5.76 Å². The molecule has 1 amide bonds. The molecule has 0 unspecified atom stereocenters. The zero-order chi connectivity index (χ0) is 14.4. The molecule has 1 fully saturated rings. The fourth-order valence-electron chi connectivity index (χ4n) is 2.01. The van der Waals surface area contributed by atoms with Crippen LogP contribution in [-0.2, 0) is 4.79 Å². The first-order valence-corrected chi connectivity index (χ1v) is 7.13. The summed E-state index contributed by atoms with van der Waals surface area (Å²) in [6, 6.07) is 1.72. The van der Waals surface area contributed by atoms with Gasteiger partial charge in [-0.25, -0.2) is 0 Å². The van der Waals surface area contributed by atoms with Gasteiger partial charge in [-0.3, -0.25) is 9.59 Å². The van der Waals surface area contributed by atoms with Crippen molar-refractivity contribution in [2.45, 2.75) is 50.9 Å². The van der Waals surface area contributed by atoms with Crippen LogP contribution in [0.25, 0.3) is 0 Å². The van der Waals surface area contributed by atoms with E-state index in [0.717, 1.165) is 37.8 Å². The molecule has 20 heavy (non-hydrogen) atoms. The van der Waals surface area contributed by atoms with E-state index >= 15 is 0 Å². The fraction of sp³-hybridized carbons (Fsp3) is 0.643. The third kappa shape index (κ3) is 4.68. The quantitative estimate of drug-likeness (QED) is 0.677. The topological polar surface area (TPSA) is 92.4 Å². The van der Waals surface area contributed by atoms with Crippen LogP contribution in [0.15, 0.2) is 10.6 Å². The Balaban J connectivity index is 1.56. The van der Waals surface area contributed by atoms with Gasteiger partial charge in [-0.05, 0) is 25.7 Å². The van der Waals surface area contributed by atoms with E-state index in [2.05, 4.69) is 10.5 Å². The molecule has 0 atom stereocenters. The molecule has 1 aliphatic carbocycles. The Labute approximate surface area is 117 Å². The van der Waals surface area contributed by atoms with Gasteiger partial charge in [0.05, 0.1) is 5.69 Å². The Morgan fingerprint density at radius 1 is 1.30 bits per heavy atom. The molecule has 1 heterocycles. The second kappa shape index (κ2) is 7.07. The number of carboxylic acids is 1. The van der Waals surface area contributed by atoms with Crippen molar-refractivity contribution >= 4 is 11.9 Å². The van der Waals surface area contributed by atoms with Crippen LogP contribution in [-0.4, -0.2) is 28.7 Å². The molecule has 0 aromatic carbocycles. The van der Waals surface area contributed by atoms with E-state index in [4.69, 9.17) is 9.63 Å². The number of aliphatic carboxylic acids is 1. The lowest BCUT2D eigenvalue weighted by molar-refractivity contribution is -0.137. The maximum Gasteiger partial charge on any atom is 0.303 e. The monoisotopic (exact) mass is 280 g/mol. The van der Waals surface area contributed by atoms with Crippen LogP contribution in [0, 0.1) is 0 Å². The van der Waals surface area contributed by atoms with Gasteiger partial charge in [-0.15, -0.1) is 0 Å². The van der Waals surface area contributed by atoms with Gasteiger partial charge >= 0.3 is 5.97 Å². The zero-order valence-corrected chi connectivity index (χ0v) is 11.4. The Bertz CT molecular complexity index is 465. The Hall–Kier alpha value is -1.85. The first kappa shape index (κ1) is 14.6. The SMILES string of the molecule is O=C(O)CCCCCCNC(=O)c1cc(C2CC2)no1. The van der Waals surface area contributed by atoms with E-state index in [1.807, 2.05) is 0 Å². The molecule has 0 aliphatic heterocycles. The molecule has 2 rings (SSSR count). The van der Waals surface area contributed by atoms with Crippen LogP contribution in [0.4, 0.5) is 0 Å². The predicted molar refractivity (Wildman–Crippen MR) is 71.5 cm³/mol. The van der Waals surface area contributed by atoms with Gasteiger partial charge in [0.25, 0.3) is 5.91 Å². The number of aromatic nitrogens is 1. The van der Waals surface area contributed by atoms with E-state index in [0.29, 0.717) is 18.9 Å². The summed E-state index contributed by atoms with van der Waals surface area (Å²) in [4.78, 5) is 22.1. The average Bonchev–Trinajstić information content (AvgIpc) is 3.14. The molecule has 1 aliphatic rings. The van der Waals surface area contributed by atoms with Crippen LogP contribution in [0.5, 0.6) is 0 Å². The van der Waals surface area contributed by atoms with Crippen molar-refractivity contribution in [1.82, 2.24) is 10.5 Å². The zero-order valence-electron chi connectivity index (χ0n) is 11.4. The van der Waals surface area contributed by atoms with E-state index < -0.39 is 5.97 Å². The van der Waals surface area contributed by atoms with Gasteiger partial charge < -0.3 is 14.9 Å². The summed E-state index contributed by atoms with van der Waals surface area (Å²) in [6.45, 7) is 0.575. The van der Waals surface area contributed by atoms with Gasteiger partial charge in [-0.2, -0.15) is 0 Å². The van der Waals surface area contributed by atoms with Crippen molar-refractivity contribution in [2.75, 3.05) is 6.54 Å². The molecule has 2 N–H and O–H groups in total. The Morgan fingerprint density at radius 2 is 2.05 bits per heavy atom. The largest absolute Gasteiger partial charge is 0.481 e. The number of hydrogen-bond acceptors (Lipinski definition) is 4. The molecule has 6 nitrogen and oxygen atoms in total. The summed E-state index contributed by atoms with van der Waals surface area (Å²) in [6.07, 6.45) is 5.79. The molecule has 0 bridgehead atoms. The highest BCUT2D eigenvalue weighted by Gasteiger charge is 2.28. The first-order chi connectivity index (χ1) is 9.66. The second-order valence-electron chi connectivity index (χ2n) is 5.20. The summed E-state index contributed by atoms with van der Waals surface area (Å²) in [5, 5.41) is 15.2. The molecule has 1 saturated carbocycles. The third-order valence-electron chi connectivity index (χ3n) is 3.35. The van der Waals surface area contributed by atoms with Crippen LogP contribution >= 0.6 is 0 Å². The fourth-order valence-corrected chi connectivity index (χ4v) is 2.01. The van der Waals surface area contributed by atoms with Crippen molar-refractivity contribution in [3.8, 4) is 0 Å². The lowest BCUT2D eigenvalue weighted by Crippen LogP contribution is -2.23. The minimum Gasteiger partial charge on any atom is -0.481 e. The van der Waals surface area contributed by atoms with Crippen molar-refractivity contribution in [3.63, 3.8) is 0 Å². The molecule has 1 aromatic heterocycles. The number of rotatable bonds is 9. The summed E-state index contributed by atoms with van der Waals surface area (Å²) < 4.78 is 5.02. The number of hydrogen-bond donors (Lipinski definition) is 2. The smallest absolute Gasteiger partial charge is 0.303 e. The average molecular weight is 280 g/mol. The first-order valence-electron chi connectivity index (χ1n) is 7.13. The van der Waals surface area contributed by atoms with Crippen molar-refractivity contribution in [2.24, 2.45) is 0 Å². The van der Waals surface area contributed by atoms with Crippen molar-refractivity contribution in [1.29, 1.82) is 0 Å². The lowest BCUT2D eigenvalue weighted by Gasteiger charge is -2.02. The maximum atomic E-state index is 11.8. The molecule has 1 aromatic rings. The number of carboxylic acid groups (broad SMARTS) is 1. The van der Waals surface area contributed by atoms with Gasteiger partial charge in [-0.1, -0.05) is 18.0 Å². The van der Waals surface area contributed by atoms with Crippen molar-refractivity contribution < 1.29 is 19.2 Å². The number of unbranched alkanes of at least 4 members (excludes halogenated alkanes) is 3. The van der Waals surface area contributed by atoms with E-state index in [1.165, 1.54) is 0 Å². The maximum absolute atomic E-state index is 11.8. The highest BCUT2D eigenvalue weighted by molar-refractivity contribution is 5.91. The van der Waals surface area contributed by atoms with Crippen LogP contribution < -0.4 is 5.32 Å². The van der Waals surface area contributed by atoms with Gasteiger partial charge in [0.15, 0.2) is 0 Å². The number of carbonyl (C=O) groups excluding carboxylic acids is 1. The molecule has 0 saturated heterocycles. The van der Waals surface area contributed by atoms with Crippen LogP contribution in [0.2, 0.25) is 0 Å². The molecule has 0 radical (unpaired) electrons. The minimum absolute atomic E-state index is 0.217. The summed E-state index contributed by atoms with van der Waals surface area (Å²) in [5.41, 5.74) is 0.879. The summed E-state index contributed by atoms with van der Waals surface area (Å²) >= 11 is 0. The predicted octanol–water partition coefficient (Wildman–Crippen LogP) is 2.32. The highest BCUT2D eigenvalue weighted by Crippen LogP contribution is 2.39. The van der Waals surface area contributed by atoms with Crippen molar-refractivity contribution in [3.05, 3.63) is 17.5 Å². The number of nitrogens with one attached hydrogen (secondary N) is 1. The number of nitrogens with zero attached hydrogens (tertiary/aromatic N) is 1. The Morgan fingerprint density at radius 3 is 2.75 bits per heavy atom. The molecule has 110 valence electrons. The van der Waals surface area contributed by atoms with Gasteiger partial charge in [0, 0.05) is 24.9 Å². The highest BCUT2D eigenvalue weighted by atomic mass is 16.5. The minimum atomic E-state index is -0.755. The third-order valence-corrected chi connectivity index (χ3v) is 3.35. The number of carbonyl (C=O) groups is 2. The molecular formula is C14H20N2O4. The van der Waals surface area contributed by atoms with E-state index in [9.17, 15) is 9.59 Å². The summed E-state index contributed by atoms with van der Waals surface area (Å²) in [7, 11) is 0. The van der Waals surface area contributed by atoms with Gasteiger partial charge in [0.1, 0.15) is 0 Å².